The number of ether oxygens (including phenoxy) is 3. The van der Waals surface area contributed by atoms with Gasteiger partial charge in [-0.05, 0) is 53.4 Å². The van der Waals surface area contributed by atoms with Gasteiger partial charge in [0.15, 0.2) is 0 Å². The minimum atomic E-state index is -0.0933. The van der Waals surface area contributed by atoms with E-state index in [4.69, 9.17) is 19.9 Å². The van der Waals surface area contributed by atoms with E-state index in [2.05, 4.69) is 22.9 Å². The Hall–Kier alpha value is -0.620. The van der Waals surface area contributed by atoms with E-state index in [1.807, 2.05) is 18.2 Å². The first-order valence-electron chi connectivity index (χ1n) is 6.94. The molecule has 1 aliphatic heterocycles. The van der Waals surface area contributed by atoms with E-state index >= 15 is 0 Å². The monoisotopic (exact) mass is 343 g/mol. The van der Waals surface area contributed by atoms with Crippen molar-refractivity contribution in [2.24, 2.45) is 5.73 Å². The molecule has 2 rings (SSSR count). The molecule has 0 bridgehead atoms. The molecule has 1 heterocycles. The van der Waals surface area contributed by atoms with Crippen LogP contribution in [0.1, 0.15) is 31.4 Å². The Morgan fingerprint density at radius 3 is 2.80 bits per heavy atom. The summed E-state index contributed by atoms with van der Waals surface area (Å²) >= 11 is 3.53. The fraction of sp³-hybridized carbons (Fsp3) is 0.600. The topological polar surface area (TPSA) is 53.7 Å². The fourth-order valence-corrected chi connectivity index (χ4v) is 2.90. The van der Waals surface area contributed by atoms with Crippen LogP contribution in [0.25, 0.3) is 0 Å². The molecule has 20 heavy (non-hydrogen) atoms. The van der Waals surface area contributed by atoms with Crippen molar-refractivity contribution in [2.45, 2.75) is 38.0 Å². The van der Waals surface area contributed by atoms with E-state index in [0.29, 0.717) is 19.3 Å². The van der Waals surface area contributed by atoms with Crippen LogP contribution in [0, 0.1) is 0 Å². The van der Waals surface area contributed by atoms with Crippen LogP contribution in [0.15, 0.2) is 22.7 Å². The van der Waals surface area contributed by atoms with Gasteiger partial charge < -0.3 is 19.9 Å². The number of methoxy groups -OCH3 is 1. The molecule has 2 N–H and O–H groups in total. The van der Waals surface area contributed by atoms with Crippen LogP contribution in [0.3, 0.4) is 0 Å². The van der Waals surface area contributed by atoms with Gasteiger partial charge in [0, 0.05) is 7.11 Å². The molecule has 1 fully saturated rings. The number of benzene rings is 1. The van der Waals surface area contributed by atoms with Gasteiger partial charge in [-0.2, -0.15) is 0 Å². The van der Waals surface area contributed by atoms with Crippen molar-refractivity contribution in [2.75, 3.05) is 20.3 Å². The summed E-state index contributed by atoms with van der Waals surface area (Å²) in [5.74, 6) is 0.804. The summed E-state index contributed by atoms with van der Waals surface area (Å²) in [5, 5.41) is 0. The van der Waals surface area contributed by atoms with Gasteiger partial charge in [-0.3, -0.25) is 0 Å². The van der Waals surface area contributed by atoms with Crippen molar-refractivity contribution < 1.29 is 14.2 Å². The van der Waals surface area contributed by atoms with E-state index in [0.717, 1.165) is 28.6 Å². The maximum atomic E-state index is 6.30. The Morgan fingerprint density at radius 2 is 2.20 bits per heavy atom. The van der Waals surface area contributed by atoms with Gasteiger partial charge in [0.25, 0.3) is 0 Å². The molecular formula is C15H22BrNO3. The quantitative estimate of drug-likeness (QED) is 0.806. The average molecular weight is 344 g/mol. The molecule has 3 unspecified atom stereocenters. The SMILES string of the molecule is COCCOc1ccc(C(N)C2CCC(C)O2)cc1Br. The lowest BCUT2D eigenvalue weighted by molar-refractivity contribution is 0.0401. The molecular weight excluding hydrogens is 322 g/mol. The second-order valence-corrected chi connectivity index (χ2v) is 5.97. The zero-order valence-corrected chi connectivity index (χ0v) is 13.6. The van der Waals surface area contributed by atoms with E-state index < -0.39 is 0 Å². The van der Waals surface area contributed by atoms with E-state index in [9.17, 15) is 0 Å². The first-order valence-corrected chi connectivity index (χ1v) is 7.73. The van der Waals surface area contributed by atoms with Gasteiger partial charge >= 0.3 is 0 Å². The minimum absolute atomic E-state index is 0.0933. The molecule has 0 saturated carbocycles. The second kappa shape index (κ2) is 7.41. The van der Waals surface area contributed by atoms with Crippen LogP contribution in [0.4, 0.5) is 0 Å². The van der Waals surface area contributed by atoms with Crippen molar-refractivity contribution in [1.29, 1.82) is 0 Å². The molecule has 1 aliphatic rings. The Bertz CT molecular complexity index is 441. The number of hydrogen-bond donors (Lipinski definition) is 1. The highest BCUT2D eigenvalue weighted by atomic mass is 79.9. The van der Waals surface area contributed by atoms with Crippen LogP contribution >= 0.6 is 15.9 Å². The zero-order valence-electron chi connectivity index (χ0n) is 12.0. The standard InChI is InChI=1S/C15H22BrNO3/c1-10-3-5-14(20-10)15(17)11-4-6-13(12(16)9-11)19-8-7-18-2/h4,6,9-10,14-15H,3,5,7-8,17H2,1-2H3. The van der Waals surface area contributed by atoms with Crippen LogP contribution < -0.4 is 10.5 Å². The van der Waals surface area contributed by atoms with Gasteiger partial charge in [-0.15, -0.1) is 0 Å². The third kappa shape index (κ3) is 3.95. The van der Waals surface area contributed by atoms with Crippen molar-refractivity contribution in [3.63, 3.8) is 0 Å². The Kier molecular flexibility index (Phi) is 5.84. The Morgan fingerprint density at radius 1 is 1.40 bits per heavy atom. The van der Waals surface area contributed by atoms with Gasteiger partial charge in [-0.1, -0.05) is 6.07 Å². The van der Waals surface area contributed by atoms with Crippen LogP contribution in [-0.4, -0.2) is 32.5 Å². The van der Waals surface area contributed by atoms with Gasteiger partial charge in [0.05, 0.1) is 29.3 Å². The largest absolute Gasteiger partial charge is 0.490 e. The lowest BCUT2D eigenvalue weighted by Crippen LogP contribution is -2.26. The number of hydrogen-bond acceptors (Lipinski definition) is 4. The maximum Gasteiger partial charge on any atom is 0.133 e. The van der Waals surface area contributed by atoms with Crippen LogP contribution in [-0.2, 0) is 9.47 Å². The Labute approximate surface area is 128 Å². The minimum Gasteiger partial charge on any atom is -0.490 e. The summed E-state index contributed by atoms with van der Waals surface area (Å²) in [6.45, 7) is 3.20. The summed E-state index contributed by atoms with van der Waals surface area (Å²) in [6.07, 6.45) is 2.52. The Balaban J connectivity index is 2.00. The number of nitrogens with two attached hydrogens (primary N) is 1. The predicted octanol–water partition coefficient (Wildman–Crippen LogP) is 3.04. The van der Waals surface area contributed by atoms with Gasteiger partial charge in [0.2, 0.25) is 0 Å². The lowest BCUT2D eigenvalue weighted by Gasteiger charge is -2.20. The molecule has 1 aromatic carbocycles. The molecule has 0 amide bonds. The second-order valence-electron chi connectivity index (χ2n) is 5.12. The normalized spacial score (nSPS) is 23.8. The van der Waals surface area contributed by atoms with E-state index in [-0.39, 0.29) is 12.1 Å². The number of halogens is 1. The summed E-state index contributed by atoms with van der Waals surface area (Å²) in [7, 11) is 1.66. The van der Waals surface area contributed by atoms with Crippen molar-refractivity contribution in [1.82, 2.24) is 0 Å². The fourth-order valence-electron chi connectivity index (χ4n) is 2.39. The van der Waals surface area contributed by atoms with Crippen molar-refractivity contribution in [3.05, 3.63) is 28.2 Å². The van der Waals surface area contributed by atoms with Crippen LogP contribution in [0.2, 0.25) is 0 Å². The highest BCUT2D eigenvalue weighted by Crippen LogP contribution is 2.32. The van der Waals surface area contributed by atoms with Crippen LogP contribution in [0.5, 0.6) is 5.75 Å². The summed E-state index contributed by atoms with van der Waals surface area (Å²) in [4.78, 5) is 0. The smallest absolute Gasteiger partial charge is 0.133 e. The summed E-state index contributed by atoms with van der Waals surface area (Å²) < 4.78 is 17.3. The molecule has 3 atom stereocenters. The third-order valence-corrected chi connectivity index (χ3v) is 4.17. The summed E-state index contributed by atoms with van der Waals surface area (Å²) in [5.41, 5.74) is 7.36. The zero-order chi connectivity index (χ0) is 14.5. The van der Waals surface area contributed by atoms with Gasteiger partial charge in [-0.25, -0.2) is 0 Å². The van der Waals surface area contributed by atoms with E-state index in [1.54, 1.807) is 7.11 Å². The molecule has 0 aromatic heterocycles. The highest BCUT2D eigenvalue weighted by molar-refractivity contribution is 9.10. The average Bonchev–Trinajstić information content (AvgIpc) is 2.86. The molecule has 4 nitrogen and oxygen atoms in total. The first-order chi connectivity index (χ1) is 9.61. The lowest BCUT2D eigenvalue weighted by atomic mass is 10.00. The van der Waals surface area contributed by atoms with E-state index in [1.165, 1.54) is 0 Å². The van der Waals surface area contributed by atoms with Gasteiger partial charge in [0.1, 0.15) is 12.4 Å². The van der Waals surface area contributed by atoms with Crippen molar-refractivity contribution in [3.8, 4) is 5.75 Å². The highest BCUT2D eigenvalue weighted by Gasteiger charge is 2.28. The number of rotatable bonds is 6. The molecule has 5 heteroatoms. The first kappa shape index (κ1) is 15.8. The molecule has 0 aliphatic carbocycles. The molecule has 0 spiro atoms. The third-order valence-electron chi connectivity index (χ3n) is 3.55. The molecule has 1 saturated heterocycles. The van der Waals surface area contributed by atoms with Crippen molar-refractivity contribution >= 4 is 15.9 Å². The molecule has 112 valence electrons. The summed E-state index contributed by atoms with van der Waals surface area (Å²) in [6, 6.07) is 5.86. The predicted molar refractivity (Wildman–Crippen MR) is 82.0 cm³/mol. The molecule has 1 aromatic rings. The maximum absolute atomic E-state index is 6.30. The molecule has 0 radical (unpaired) electrons.